The predicted octanol–water partition coefficient (Wildman–Crippen LogP) is 0.239. The maximum absolute atomic E-state index is 8.09. The highest BCUT2D eigenvalue weighted by Crippen LogP contribution is 2.55. The van der Waals surface area contributed by atoms with Gasteiger partial charge in [0.05, 0.1) is 5.41 Å². The molecule has 2 heterocycles. The van der Waals surface area contributed by atoms with Crippen molar-refractivity contribution in [2.75, 3.05) is 13.0 Å². The number of aromatic nitrogens is 2. The molecule has 0 spiro atoms. The summed E-state index contributed by atoms with van der Waals surface area (Å²) in [7, 11) is 0. The Balaban J connectivity index is 2.04. The lowest BCUT2D eigenvalue weighted by molar-refractivity contribution is 0.343. The van der Waals surface area contributed by atoms with Gasteiger partial charge in [-0.25, -0.2) is 0 Å². The first-order valence-corrected chi connectivity index (χ1v) is 3.97. The van der Waals surface area contributed by atoms with Gasteiger partial charge in [-0.2, -0.15) is 4.98 Å². The van der Waals surface area contributed by atoms with Gasteiger partial charge >= 0.3 is 0 Å². The van der Waals surface area contributed by atoms with Crippen LogP contribution in [-0.2, 0) is 5.41 Å². The molecule has 0 amide bonds. The number of hydrogen-bond acceptors (Lipinski definition) is 4. The quantitative estimate of drug-likeness (QED) is 0.652. The zero-order valence-electron chi connectivity index (χ0n) is 9.72. The molecule has 4 heteroatoms. The average molecular weight is 168 g/mol. The first-order chi connectivity index (χ1) is 6.91. The van der Waals surface area contributed by atoms with E-state index in [9.17, 15) is 0 Å². The monoisotopic (exact) mass is 168 g/mol. The van der Waals surface area contributed by atoms with Crippen LogP contribution in [0.3, 0.4) is 0 Å². The molecule has 1 saturated heterocycles. The lowest BCUT2D eigenvalue weighted by Crippen LogP contribution is -2.19. The molecule has 0 bridgehead atoms. The van der Waals surface area contributed by atoms with Gasteiger partial charge in [0.25, 0.3) is 0 Å². The van der Waals surface area contributed by atoms with Gasteiger partial charge in [-0.1, -0.05) is 5.16 Å². The lowest BCUT2D eigenvalue weighted by Gasteiger charge is -2.02. The fraction of sp³-hybridized carbons (Fsp3) is 0.750. The summed E-state index contributed by atoms with van der Waals surface area (Å²) in [5.74, 6) is -0.233. The summed E-state index contributed by atoms with van der Waals surface area (Å²) in [6, 6.07) is 0. The molecule has 1 N–H and O–H groups in total. The van der Waals surface area contributed by atoms with Crippen molar-refractivity contribution < 1.29 is 8.64 Å². The van der Waals surface area contributed by atoms with Crippen molar-refractivity contribution in [3.8, 4) is 0 Å². The molecule has 1 aromatic rings. The number of nitrogens with zero attached hydrogens (tertiary/aromatic N) is 2. The number of nitrogens with one attached hydrogen (secondary N) is 1. The Kier molecular flexibility index (Phi) is 0.684. The molecule has 64 valence electrons. The molecule has 0 aromatic carbocycles. The van der Waals surface area contributed by atoms with Gasteiger partial charge in [-0.05, 0) is 25.7 Å². The van der Waals surface area contributed by atoms with Crippen LogP contribution in [0.15, 0.2) is 4.52 Å². The topological polar surface area (TPSA) is 51.0 Å². The zero-order chi connectivity index (χ0) is 10.9. The van der Waals surface area contributed by atoms with Gasteiger partial charge in [-0.3, -0.25) is 0 Å². The number of rotatable bonds is 1. The molecule has 0 unspecified atom stereocenters. The van der Waals surface area contributed by atoms with E-state index in [0.717, 1.165) is 0 Å². The maximum atomic E-state index is 8.09. The van der Waals surface area contributed by atoms with E-state index in [2.05, 4.69) is 15.5 Å². The number of hydrogen-bond donors (Lipinski definition) is 1. The van der Waals surface area contributed by atoms with Crippen LogP contribution in [0, 0.1) is 12.8 Å². The van der Waals surface area contributed by atoms with Gasteiger partial charge < -0.3 is 9.84 Å². The van der Waals surface area contributed by atoms with Gasteiger partial charge in [0.2, 0.25) is 5.89 Å². The SMILES string of the molecule is [2H]C1([2H])NC[C@]2(c3nc(C)no3)C[C@]12[2H]. The Morgan fingerprint density at radius 3 is 3.33 bits per heavy atom. The third-order valence-electron chi connectivity index (χ3n) is 2.50. The van der Waals surface area contributed by atoms with Crippen molar-refractivity contribution in [3.63, 3.8) is 0 Å². The molecule has 4 nitrogen and oxygen atoms in total. The summed E-state index contributed by atoms with van der Waals surface area (Å²) < 4.78 is 28.5. The summed E-state index contributed by atoms with van der Waals surface area (Å²) >= 11 is 0. The number of piperidine rings is 1. The largest absolute Gasteiger partial charge is 0.339 e. The highest BCUT2D eigenvalue weighted by molar-refractivity contribution is 5.25. The minimum atomic E-state index is -1.67. The molecule has 12 heavy (non-hydrogen) atoms. The smallest absolute Gasteiger partial charge is 0.234 e. The van der Waals surface area contributed by atoms with E-state index in [4.69, 9.17) is 8.64 Å². The van der Waals surface area contributed by atoms with Gasteiger partial charge in [0.1, 0.15) is 0 Å². The van der Waals surface area contributed by atoms with Crippen molar-refractivity contribution in [2.45, 2.75) is 18.8 Å². The third kappa shape index (κ3) is 0.659. The van der Waals surface area contributed by atoms with E-state index in [1.807, 2.05) is 0 Å². The van der Waals surface area contributed by atoms with Gasteiger partial charge in [-0.15, -0.1) is 0 Å². The van der Waals surface area contributed by atoms with Crippen LogP contribution in [0.5, 0.6) is 0 Å². The van der Waals surface area contributed by atoms with Crippen molar-refractivity contribution in [2.24, 2.45) is 5.89 Å². The van der Waals surface area contributed by atoms with Crippen LogP contribution < -0.4 is 5.32 Å². The second-order valence-electron chi connectivity index (χ2n) is 3.36. The molecule has 1 saturated carbocycles. The normalized spacial score (nSPS) is 52.2. The highest BCUT2D eigenvalue weighted by atomic mass is 16.5. The van der Waals surface area contributed by atoms with Crippen molar-refractivity contribution in [1.29, 1.82) is 0 Å². The minimum Gasteiger partial charge on any atom is -0.339 e. The molecular formula is C8H11N3O. The Bertz CT molecular complexity index is 431. The van der Waals surface area contributed by atoms with E-state index in [-0.39, 0.29) is 0 Å². The summed E-state index contributed by atoms with van der Waals surface area (Å²) in [5.41, 5.74) is -0.613. The van der Waals surface area contributed by atoms with E-state index in [1.165, 1.54) is 0 Å². The zero-order valence-corrected chi connectivity index (χ0v) is 6.72. The summed E-state index contributed by atoms with van der Waals surface area (Å²) in [6.45, 7) is 0.440. The Labute approximate surface area is 74.6 Å². The first-order valence-electron chi connectivity index (χ1n) is 5.47. The molecule has 3 rings (SSSR count). The molecule has 1 aliphatic carbocycles. The highest BCUT2D eigenvalue weighted by Gasteiger charge is 2.62. The second-order valence-corrected chi connectivity index (χ2v) is 3.36. The summed E-state index contributed by atoms with van der Waals surface area (Å²) in [4.78, 5) is 4.11. The van der Waals surface area contributed by atoms with Crippen molar-refractivity contribution >= 4 is 0 Å². The second kappa shape index (κ2) is 1.88. The van der Waals surface area contributed by atoms with Crippen LogP contribution in [0.1, 0.15) is 22.2 Å². The number of aryl methyl sites for hydroxylation is 1. The summed E-state index contributed by atoms with van der Waals surface area (Å²) in [6.07, 6.45) is 0.446. The van der Waals surface area contributed by atoms with Crippen LogP contribution in [0.4, 0.5) is 0 Å². The minimum absolute atomic E-state index is 0.392. The molecule has 0 radical (unpaired) electrons. The van der Waals surface area contributed by atoms with Crippen LogP contribution >= 0.6 is 0 Å². The van der Waals surface area contributed by atoms with E-state index >= 15 is 0 Å². The van der Waals surface area contributed by atoms with Gasteiger partial charge in [0, 0.05) is 10.7 Å². The van der Waals surface area contributed by atoms with Gasteiger partial charge in [0.15, 0.2) is 5.82 Å². The van der Waals surface area contributed by atoms with Crippen LogP contribution in [0.2, 0.25) is 0 Å². The van der Waals surface area contributed by atoms with E-state index < -0.39 is 17.8 Å². The molecule has 2 atom stereocenters. The third-order valence-corrected chi connectivity index (χ3v) is 2.50. The fourth-order valence-electron chi connectivity index (χ4n) is 1.66. The fourth-order valence-corrected chi connectivity index (χ4v) is 1.66. The maximum Gasteiger partial charge on any atom is 0.234 e. The van der Waals surface area contributed by atoms with Crippen molar-refractivity contribution in [1.82, 2.24) is 15.5 Å². The molecule has 2 aliphatic rings. The van der Waals surface area contributed by atoms with Crippen LogP contribution in [-0.4, -0.2) is 23.2 Å². The Morgan fingerprint density at radius 1 is 1.92 bits per heavy atom. The number of fused-ring (bicyclic) bond motifs is 1. The van der Waals surface area contributed by atoms with Crippen LogP contribution in [0.25, 0.3) is 0 Å². The molecule has 1 aliphatic heterocycles. The summed E-state index contributed by atoms with van der Waals surface area (Å²) in [5, 5.41) is 6.39. The Hall–Kier alpha value is -0.900. The standard InChI is InChI=1S/C8H11N3O/c1-5-10-7(12-11-5)8-2-6(8)3-9-4-8/h6,9H,2-4H2,1H3/t6-,8-/m1/s1/i3D2,6D. The Morgan fingerprint density at radius 2 is 2.83 bits per heavy atom. The van der Waals surface area contributed by atoms with E-state index in [0.29, 0.717) is 24.7 Å². The first kappa shape index (κ1) is 4.37. The molecule has 2 fully saturated rings. The predicted molar refractivity (Wildman–Crippen MR) is 41.7 cm³/mol. The van der Waals surface area contributed by atoms with Crippen molar-refractivity contribution in [3.05, 3.63) is 11.7 Å². The lowest BCUT2D eigenvalue weighted by atomic mass is 10.1. The molecular weight excluding hydrogens is 154 g/mol. The average Bonchev–Trinajstić information content (AvgIpc) is 2.47. The van der Waals surface area contributed by atoms with E-state index in [1.54, 1.807) is 6.92 Å². The molecule has 1 aromatic heterocycles.